The van der Waals surface area contributed by atoms with Crippen molar-refractivity contribution in [3.8, 4) is 0 Å². The molecule has 2 aromatic rings. The number of anilines is 1. The molecule has 3 nitrogen and oxygen atoms in total. The van der Waals surface area contributed by atoms with Gasteiger partial charge >= 0.3 is 0 Å². The third kappa shape index (κ3) is 2.27. The van der Waals surface area contributed by atoms with Crippen LogP contribution in [0.25, 0.3) is 10.8 Å². The SMILES string of the molecule is CC1CCN(c2ncc(CN)c3ccccc23)CC1C. The molecule has 1 fully saturated rings. The van der Waals surface area contributed by atoms with Crippen LogP contribution in [0, 0.1) is 11.8 Å². The summed E-state index contributed by atoms with van der Waals surface area (Å²) in [5.41, 5.74) is 6.96. The number of benzene rings is 1. The highest BCUT2D eigenvalue weighted by atomic mass is 15.2. The molecule has 1 aromatic heterocycles. The molecule has 106 valence electrons. The highest BCUT2D eigenvalue weighted by molar-refractivity contribution is 5.94. The molecule has 1 saturated heterocycles. The van der Waals surface area contributed by atoms with Crippen molar-refractivity contribution in [2.24, 2.45) is 17.6 Å². The van der Waals surface area contributed by atoms with Crippen LogP contribution in [0.4, 0.5) is 5.82 Å². The van der Waals surface area contributed by atoms with E-state index < -0.39 is 0 Å². The van der Waals surface area contributed by atoms with E-state index in [4.69, 9.17) is 10.7 Å². The molecule has 2 unspecified atom stereocenters. The largest absolute Gasteiger partial charge is 0.356 e. The smallest absolute Gasteiger partial charge is 0.136 e. The molecule has 0 saturated carbocycles. The number of aromatic nitrogens is 1. The van der Waals surface area contributed by atoms with Gasteiger partial charge in [-0.3, -0.25) is 0 Å². The maximum atomic E-state index is 5.83. The molecule has 3 rings (SSSR count). The second-order valence-electron chi connectivity index (χ2n) is 6.05. The Morgan fingerprint density at radius 1 is 1.20 bits per heavy atom. The average molecular weight is 269 g/mol. The highest BCUT2D eigenvalue weighted by Gasteiger charge is 2.24. The van der Waals surface area contributed by atoms with E-state index in [1.807, 2.05) is 6.20 Å². The Kier molecular flexibility index (Phi) is 3.62. The van der Waals surface area contributed by atoms with E-state index in [9.17, 15) is 0 Å². The number of nitrogens with two attached hydrogens (primary N) is 1. The summed E-state index contributed by atoms with van der Waals surface area (Å²) in [6, 6.07) is 8.48. The fraction of sp³-hybridized carbons (Fsp3) is 0.471. The van der Waals surface area contributed by atoms with E-state index in [2.05, 4.69) is 43.0 Å². The Bertz CT molecular complexity index is 608. The standard InChI is InChI=1S/C17H23N3/c1-12-7-8-20(11-13(12)2)17-16-6-4-3-5-15(16)14(9-18)10-19-17/h3-6,10,12-13H,7-9,11,18H2,1-2H3. The van der Waals surface area contributed by atoms with Gasteiger partial charge in [0.1, 0.15) is 5.82 Å². The first kappa shape index (κ1) is 13.4. The van der Waals surface area contributed by atoms with Gasteiger partial charge in [-0.2, -0.15) is 0 Å². The lowest BCUT2D eigenvalue weighted by molar-refractivity contribution is 0.323. The van der Waals surface area contributed by atoms with Crippen molar-refractivity contribution in [3.05, 3.63) is 36.0 Å². The van der Waals surface area contributed by atoms with Crippen molar-refractivity contribution >= 4 is 16.6 Å². The van der Waals surface area contributed by atoms with Crippen molar-refractivity contribution < 1.29 is 0 Å². The van der Waals surface area contributed by atoms with E-state index >= 15 is 0 Å². The van der Waals surface area contributed by atoms with Gasteiger partial charge in [-0.05, 0) is 29.2 Å². The van der Waals surface area contributed by atoms with Gasteiger partial charge in [0.05, 0.1) is 0 Å². The summed E-state index contributed by atoms with van der Waals surface area (Å²) in [5, 5.41) is 2.48. The van der Waals surface area contributed by atoms with Crippen LogP contribution in [0.2, 0.25) is 0 Å². The molecule has 0 radical (unpaired) electrons. The second-order valence-corrected chi connectivity index (χ2v) is 6.05. The minimum atomic E-state index is 0.543. The summed E-state index contributed by atoms with van der Waals surface area (Å²) in [4.78, 5) is 7.14. The Labute approximate surface area is 120 Å². The summed E-state index contributed by atoms with van der Waals surface area (Å²) >= 11 is 0. The van der Waals surface area contributed by atoms with Gasteiger partial charge in [-0.25, -0.2) is 4.98 Å². The molecule has 2 N–H and O–H groups in total. The van der Waals surface area contributed by atoms with Crippen molar-refractivity contribution in [2.75, 3.05) is 18.0 Å². The Balaban J connectivity index is 2.04. The summed E-state index contributed by atoms with van der Waals surface area (Å²) in [5.74, 6) is 2.65. The lowest BCUT2D eigenvalue weighted by atomic mass is 9.88. The zero-order valence-electron chi connectivity index (χ0n) is 12.3. The molecule has 1 aromatic carbocycles. The molecule has 3 heteroatoms. The fourth-order valence-electron chi connectivity index (χ4n) is 3.11. The number of piperidine rings is 1. The van der Waals surface area contributed by atoms with Gasteiger partial charge < -0.3 is 10.6 Å². The Morgan fingerprint density at radius 3 is 2.65 bits per heavy atom. The molecule has 0 amide bonds. The third-order valence-corrected chi connectivity index (χ3v) is 4.71. The lowest BCUT2D eigenvalue weighted by Crippen LogP contribution is -2.39. The van der Waals surface area contributed by atoms with E-state index in [0.29, 0.717) is 6.54 Å². The van der Waals surface area contributed by atoms with Crippen molar-refractivity contribution in [1.29, 1.82) is 0 Å². The van der Waals surface area contributed by atoms with Crippen LogP contribution in [0.15, 0.2) is 30.5 Å². The summed E-state index contributed by atoms with van der Waals surface area (Å²) in [7, 11) is 0. The zero-order chi connectivity index (χ0) is 14.1. The van der Waals surface area contributed by atoms with Gasteiger partial charge in [0.2, 0.25) is 0 Å². The number of hydrogen-bond donors (Lipinski definition) is 1. The quantitative estimate of drug-likeness (QED) is 0.910. The molecule has 1 aliphatic heterocycles. The molecule has 2 heterocycles. The molecule has 0 bridgehead atoms. The van der Waals surface area contributed by atoms with Gasteiger partial charge in [-0.1, -0.05) is 38.1 Å². The van der Waals surface area contributed by atoms with E-state index in [1.165, 1.54) is 17.2 Å². The molecular weight excluding hydrogens is 246 g/mol. The van der Waals surface area contributed by atoms with Gasteiger partial charge in [0.15, 0.2) is 0 Å². The highest BCUT2D eigenvalue weighted by Crippen LogP contribution is 2.31. The number of rotatable bonds is 2. The maximum absolute atomic E-state index is 5.83. The number of hydrogen-bond acceptors (Lipinski definition) is 3. The van der Waals surface area contributed by atoms with Crippen LogP contribution in [-0.4, -0.2) is 18.1 Å². The number of fused-ring (bicyclic) bond motifs is 1. The van der Waals surface area contributed by atoms with Gasteiger partial charge in [0, 0.05) is 31.2 Å². The summed E-state index contributed by atoms with van der Waals surface area (Å²) in [6.45, 7) is 7.43. The summed E-state index contributed by atoms with van der Waals surface area (Å²) < 4.78 is 0. The van der Waals surface area contributed by atoms with Gasteiger partial charge in [0.25, 0.3) is 0 Å². The van der Waals surface area contributed by atoms with Crippen LogP contribution in [0.1, 0.15) is 25.8 Å². The predicted molar refractivity (Wildman–Crippen MR) is 84.8 cm³/mol. The monoisotopic (exact) mass is 269 g/mol. The molecule has 1 aliphatic rings. The molecule has 20 heavy (non-hydrogen) atoms. The fourth-order valence-corrected chi connectivity index (χ4v) is 3.11. The third-order valence-electron chi connectivity index (χ3n) is 4.71. The average Bonchev–Trinajstić information content (AvgIpc) is 2.49. The van der Waals surface area contributed by atoms with Crippen LogP contribution in [-0.2, 0) is 6.54 Å². The van der Waals surface area contributed by atoms with Crippen molar-refractivity contribution in [3.63, 3.8) is 0 Å². The first-order chi connectivity index (χ1) is 9.70. The summed E-state index contributed by atoms with van der Waals surface area (Å²) in [6.07, 6.45) is 3.19. The molecule has 2 atom stereocenters. The van der Waals surface area contributed by atoms with Crippen molar-refractivity contribution in [1.82, 2.24) is 4.98 Å². The van der Waals surface area contributed by atoms with Crippen LogP contribution < -0.4 is 10.6 Å². The predicted octanol–water partition coefficient (Wildman–Crippen LogP) is 3.18. The Hall–Kier alpha value is -1.61. The minimum Gasteiger partial charge on any atom is -0.356 e. The maximum Gasteiger partial charge on any atom is 0.136 e. The number of nitrogens with zero attached hydrogens (tertiary/aromatic N) is 2. The van der Waals surface area contributed by atoms with Crippen LogP contribution in [0.5, 0.6) is 0 Å². The van der Waals surface area contributed by atoms with Gasteiger partial charge in [-0.15, -0.1) is 0 Å². The molecular formula is C17H23N3. The van der Waals surface area contributed by atoms with E-state index in [1.54, 1.807) is 0 Å². The lowest BCUT2D eigenvalue weighted by Gasteiger charge is -2.36. The first-order valence-electron chi connectivity index (χ1n) is 7.52. The normalized spacial score (nSPS) is 23.2. The van der Waals surface area contributed by atoms with E-state index in [-0.39, 0.29) is 0 Å². The van der Waals surface area contributed by atoms with Crippen LogP contribution >= 0.6 is 0 Å². The molecule has 0 aliphatic carbocycles. The zero-order valence-corrected chi connectivity index (χ0v) is 12.3. The minimum absolute atomic E-state index is 0.543. The second kappa shape index (κ2) is 5.41. The van der Waals surface area contributed by atoms with Crippen molar-refractivity contribution in [2.45, 2.75) is 26.8 Å². The van der Waals surface area contributed by atoms with Crippen LogP contribution in [0.3, 0.4) is 0 Å². The topological polar surface area (TPSA) is 42.2 Å². The first-order valence-corrected chi connectivity index (χ1v) is 7.52. The Morgan fingerprint density at radius 2 is 1.95 bits per heavy atom. The number of pyridine rings is 1. The van der Waals surface area contributed by atoms with E-state index in [0.717, 1.165) is 36.3 Å². The molecule has 0 spiro atoms.